The van der Waals surface area contributed by atoms with Crippen molar-refractivity contribution in [2.45, 2.75) is 39.3 Å². The summed E-state index contributed by atoms with van der Waals surface area (Å²) >= 11 is 0. The zero-order valence-electron chi connectivity index (χ0n) is 13.5. The van der Waals surface area contributed by atoms with Gasteiger partial charge in [0.05, 0.1) is 18.1 Å². The quantitative estimate of drug-likeness (QED) is 0.744. The molecule has 1 aromatic carbocycles. The van der Waals surface area contributed by atoms with E-state index in [1.165, 1.54) is 6.42 Å². The van der Waals surface area contributed by atoms with Gasteiger partial charge in [0, 0.05) is 11.9 Å². The number of benzene rings is 1. The Morgan fingerprint density at radius 3 is 2.87 bits per heavy atom. The molecule has 0 amide bonds. The van der Waals surface area contributed by atoms with Crippen molar-refractivity contribution < 1.29 is 0 Å². The predicted octanol–water partition coefficient (Wildman–Crippen LogP) is 2.51. The van der Waals surface area contributed by atoms with Crippen molar-refractivity contribution >= 4 is 16.7 Å². The van der Waals surface area contributed by atoms with Crippen LogP contribution in [0.15, 0.2) is 30.6 Å². The molecule has 23 heavy (non-hydrogen) atoms. The highest BCUT2D eigenvalue weighted by Crippen LogP contribution is 2.30. The van der Waals surface area contributed by atoms with Gasteiger partial charge >= 0.3 is 0 Å². The van der Waals surface area contributed by atoms with Crippen molar-refractivity contribution in [1.29, 1.82) is 0 Å². The Balaban J connectivity index is 1.68. The second-order valence-electron chi connectivity index (χ2n) is 6.09. The van der Waals surface area contributed by atoms with Crippen LogP contribution in [0.3, 0.4) is 0 Å². The van der Waals surface area contributed by atoms with Crippen LogP contribution in [0.2, 0.25) is 0 Å². The molecule has 3 heterocycles. The molecule has 1 aliphatic heterocycles. The molecular formula is C17H20N6. The van der Waals surface area contributed by atoms with Crippen molar-refractivity contribution in [1.82, 2.24) is 24.7 Å². The molecule has 2 aromatic heterocycles. The van der Waals surface area contributed by atoms with Crippen LogP contribution in [0.25, 0.3) is 10.9 Å². The van der Waals surface area contributed by atoms with E-state index in [9.17, 15) is 0 Å². The Hall–Kier alpha value is -2.50. The third kappa shape index (κ3) is 2.54. The molecule has 0 spiro atoms. The third-order valence-corrected chi connectivity index (χ3v) is 4.52. The predicted molar refractivity (Wildman–Crippen MR) is 89.4 cm³/mol. The monoisotopic (exact) mass is 308 g/mol. The van der Waals surface area contributed by atoms with Gasteiger partial charge in [-0.2, -0.15) is 5.10 Å². The van der Waals surface area contributed by atoms with E-state index in [0.29, 0.717) is 6.04 Å². The van der Waals surface area contributed by atoms with Gasteiger partial charge in [-0.1, -0.05) is 12.1 Å². The van der Waals surface area contributed by atoms with Crippen molar-refractivity contribution in [3.63, 3.8) is 0 Å². The second-order valence-corrected chi connectivity index (χ2v) is 6.09. The average Bonchev–Trinajstić information content (AvgIpc) is 3.13. The molecule has 0 radical (unpaired) electrons. The minimum atomic E-state index is 0.396. The van der Waals surface area contributed by atoms with E-state index in [0.717, 1.165) is 47.9 Å². The normalized spacial score (nSPS) is 18.0. The van der Waals surface area contributed by atoms with Crippen LogP contribution >= 0.6 is 0 Å². The lowest BCUT2D eigenvalue weighted by atomic mass is 10.2. The maximum absolute atomic E-state index is 4.58. The lowest BCUT2D eigenvalue weighted by molar-refractivity contribution is 0.495. The molecule has 0 N–H and O–H groups in total. The summed E-state index contributed by atoms with van der Waals surface area (Å²) in [5.41, 5.74) is 0.996. The number of aromatic nitrogens is 5. The molecule has 118 valence electrons. The smallest absolute Gasteiger partial charge is 0.147 e. The van der Waals surface area contributed by atoms with Crippen LogP contribution in [0, 0.1) is 13.8 Å². The Morgan fingerprint density at radius 2 is 2.04 bits per heavy atom. The third-order valence-electron chi connectivity index (χ3n) is 4.52. The van der Waals surface area contributed by atoms with E-state index in [1.807, 2.05) is 36.7 Å². The molecule has 4 rings (SSSR count). The molecule has 1 atom stereocenters. The number of para-hydroxylation sites is 1. The molecule has 0 saturated carbocycles. The number of anilines is 1. The molecule has 0 unspecified atom stereocenters. The summed E-state index contributed by atoms with van der Waals surface area (Å²) in [4.78, 5) is 15.8. The summed E-state index contributed by atoms with van der Waals surface area (Å²) in [6, 6.07) is 8.60. The van der Waals surface area contributed by atoms with Gasteiger partial charge in [-0.05, 0) is 38.8 Å². The maximum atomic E-state index is 4.58. The van der Waals surface area contributed by atoms with Crippen molar-refractivity contribution in [2.24, 2.45) is 0 Å². The highest BCUT2D eigenvalue weighted by Gasteiger charge is 2.28. The fraction of sp³-hybridized carbons (Fsp3) is 0.412. The highest BCUT2D eigenvalue weighted by molar-refractivity contribution is 5.89. The number of aryl methyl sites for hydroxylation is 2. The molecular weight excluding hydrogens is 288 g/mol. The summed E-state index contributed by atoms with van der Waals surface area (Å²) in [6.07, 6.45) is 3.99. The number of fused-ring (bicyclic) bond motifs is 1. The van der Waals surface area contributed by atoms with E-state index in [1.54, 1.807) is 6.33 Å². The van der Waals surface area contributed by atoms with E-state index in [4.69, 9.17) is 0 Å². The number of hydrogen-bond donors (Lipinski definition) is 0. The first-order valence-corrected chi connectivity index (χ1v) is 8.07. The van der Waals surface area contributed by atoms with Crippen LogP contribution in [-0.4, -0.2) is 37.3 Å². The van der Waals surface area contributed by atoms with Crippen LogP contribution in [0.4, 0.5) is 5.82 Å². The first-order valence-electron chi connectivity index (χ1n) is 8.07. The van der Waals surface area contributed by atoms with Crippen molar-refractivity contribution in [3.8, 4) is 0 Å². The van der Waals surface area contributed by atoms with Gasteiger partial charge in [0.1, 0.15) is 23.8 Å². The molecule has 0 bridgehead atoms. The van der Waals surface area contributed by atoms with E-state index < -0.39 is 0 Å². The zero-order valence-corrected chi connectivity index (χ0v) is 13.5. The van der Waals surface area contributed by atoms with Gasteiger partial charge in [-0.15, -0.1) is 0 Å². The largest absolute Gasteiger partial charge is 0.351 e. The van der Waals surface area contributed by atoms with E-state index in [2.05, 4.69) is 31.0 Å². The Labute approximate surface area is 135 Å². The lowest BCUT2D eigenvalue weighted by Crippen LogP contribution is -2.34. The summed E-state index contributed by atoms with van der Waals surface area (Å²) in [7, 11) is 0. The Morgan fingerprint density at radius 1 is 1.17 bits per heavy atom. The molecule has 6 heteroatoms. The Bertz CT molecular complexity index is 835. The molecule has 1 fully saturated rings. The van der Waals surface area contributed by atoms with Crippen molar-refractivity contribution in [3.05, 3.63) is 42.2 Å². The first-order chi connectivity index (χ1) is 11.2. The van der Waals surface area contributed by atoms with Crippen LogP contribution < -0.4 is 4.90 Å². The van der Waals surface area contributed by atoms with Crippen LogP contribution in [-0.2, 0) is 6.54 Å². The topological polar surface area (TPSA) is 59.7 Å². The van der Waals surface area contributed by atoms with Gasteiger partial charge in [0.2, 0.25) is 0 Å². The molecule has 0 aliphatic carbocycles. The fourth-order valence-electron chi connectivity index (χ4n) is 3.46. The summed E-state index contributed by atoms with van der Waals surface area (Å²) in [5.74, 6) is 2.84. The van der Waals surface area contributed by atoms with Crippen LogP contribution in [0.1, 0.15) is 24.5 Å². The molecule has 6 nitrogen and oxygen atoms in total. The summed E-state index contributed by atoms with van der Waals surface area (Å²) in [5, 5.41) is 5.63. The minimum absolute atomic E-state index is 0.396. The number of nitrogens with zero attached hydrogens (tertiary/aromatic N) is 6. The van der Waals surface area contributed by atoms with E-state index >= 15 is 0 Å². The minimum Gasteiger partial charge on any atom is -0.351 e. The Kier molecular flexibility index (Phi) is 3.44. The van der Waals surface area contributed by atoms with Crippen LogP contribution in [0.5, 0.6) is 0 Å². The van der Waals surface area contributed by atoms with Crippen molar-refractivity contribution in [2.75, 3.05) is 11.4 Å². The number of hydrogen-bond acceptors (Lipinski definition) is 5. The van der Waals surface area contributed by atoms with E-state index in [-0.39, 0.29) is 0 Å². The zero-order chi connectivity index (χ0) is 15.8. The molecule has 1 saturated heterocycles. The lowest BCUT2D eigenvalue weighted by Gasteiger charge is -2.26. The highest BCUT2D eigenvalue weighted by atomic mass is 15.4. The SMILES string of the molecule is Cc1nc(C)n(C[C@H]2CCCN2c2ncnc3ccccc23)n1. The van der Waals surface area contributed by atoms with Gasteiger partial charge in [0.15, 0.2) is 0 Å². The summed E-state index contributed by atoms with van der Waals surface area (Å²) in [6.45, 7) is 5.83. The fourth-order valence-corrected chi connectivity index (χ4v) is 3.46. The van der Waals surface area contributed by atoms with Gasteiger partial charge < -0.3 is 4.90 Å². The van der Waals surface area contributed by atoms with Gasteiger partial charge in [-0.3, -0.25) is 0 Å². The first kappa shape index (κ1) is 14.1. The summed E-state index contributed by atoms with van der Waals surface area (Å²) < 4.78 is 2.02. The van der Waals surface area contributed by atoms with Gasteiger partial charge in [-0.25, -0.2) is 19.6 Å². The maximum Gasteiger partial charge on any atom is 0.147 e. The number of rotatable bonds is 3. The van der Waals surface area contributed by atoms with Gasteiger partial charge in [0.25, 0.3) is 0 Å². The average molecular weight is 308 g/mol. The molecule has 3 aromatic rings. The second kappa shape index (κ2) is 5.61. The molecule has 1 aliphatic rings. The standard InChI is InChI=1S/C17H20N6/c1-12-20-13(2)23(21-12)10-14-6-5-9-22(14)17-15-7-3-4-8-16(15)18-11-19-17/h3-4,7-8,11,14H,5-6,9-10H2,1-2H3/t14-/m1/s1.